The van der Waals surface area contributed by atoms with Gasteiger partial charge in [-0.05, 0) is 12.1 Å². The molecule has 20 heavy (non-hydrogen) atoms. The number of hydrogen-bond acceptors (Lipinski definition) is 5. The SMILES string of the molecule is COC(=O)CCC(=O)N(C)c1ccc2c(c1)OCCO2. The summed E-state index contributed by atoms with van der Waals surface area (Å²) in [4.78, 5) is 24.5. The van der Waals surface area contributed by atoms with E-state index in [1.54, 1.807) is 25.2 Å². The van der Waals surface area contributed by atoms with Gasteiger partial charge in [0.1, 0.15) is 13.2 Å². The minimum atomic E-state index is -0.395. The van der Waals surface area contributed by atoms with Crippen molar-refractivity contribution in [2.45, 2.75) is 12.8 Å². The van der Waals surface area contributed by atoms with Crippen LogP contribution in [-0.4, -0.2) is 39.2 Å². The molecule has 2 rings (SSSR count). The zero-order valence-electron chi connectivity index (χ0n) is 11.5. The van der Waals surface area contributed by atoms with Gasteiger partial charge in [0, 0.05) is 25.2 Å². The van der Waals surface area contributed by atoms with Crippen molar-refractivity contribution in [2.75, 3.05) is 32.3 Å². The average Bonchev–Trinajstić information content (AvgIpc) is 2.50. The molecule has 1 heterocycles. The molecule has 0 radical (unpaired) electrons. The Balaban J connectivity index is 2.03. The molecule has 1 aromatic rings. The number of esters is 1. The third-order valence-electron chi connectivity index (χ3n) is 3.06. The summed E-state index contributed by atoms with van der Waals surface area (Å²) in [5.41, 5.74) is 0.698. The van der Waals surface area contributed by atoms with Crippen molar-refractivity contribution in [2.24, 2.45) is 0 Å². The summed E-state index contributed by atoms with van der Waals surface area (Å²) >= 11 is 0. The Hall–Kier alpha value is -2.24. The van der Waals surface area contributed by atoms with Crippen LogP contribution in [0.25, 0.3) is 0 Å². The zero-order chi connectivity index (χ0) is 14.5. The first kappa shape index (κ1) is 14.2. The van der Waals surface area contributed by atoms with Crippen molar-refractivity contribution < 1.29 is 23.8 Å². The van der Waals surface area contributed by atoms with E-state index >= 15 is 0 Å². The summed E-state index contributed by atoms with van der Waals surface area (Å²) in [6, 6.07) is 5.31. The molecule has 0 saturated heterocycles. The van der Waals surface area contributed by atoms with Crippen LogP contribution >= 0.6 is 0 Å². The van der Waals surface area contributed by atoms with Crippen molar-refractivity contribution in [1.82, 2.24) is 0 Å². The highest BCUT2D eigenvalue weighted by Gasteiger charge is 2.17. The van der Waals surface area contributed by atoms with Crippen LogP contribution < -0.4 is 14.4 Å². The Morgan fingerprint density at radius 3 is 2.60 bits per heavy atom. The van der Waals surface area contributed by atoms with Crippen LogP contribution in [0.5, 0.6) is 11.5 Å². The molecule has 1 aliphatic rings. The van der Waals surface area contributed by atoms with Gasteiger partial charge in [0.15, 0.2) is 11.5 Å². The van der Waals surface area contributed by atoms with Crippen LogP contribution in [0.15, 0.2) is 18.2 Å². The van der Waals surface area contributed by atoms with Gasteiger partial charge in [-0.1, -0.05) is 0 Å². The van der Waals surface area contributed by atoms with Crippen LogP contribution in [0.2, 0.25) is 0 Å². The van der Waals surface area contributed by atoms with Crippen LogP contribution in [0.4, 0.5) is 5.69 Å². The lowest BCUT2D eigenvalue weighted by atomic mass is 10.2. The summed E-state index contributed by atoms with van der Waals surface area (Å²) in [7, 11) is 2.96. The Bertz CT molecular complexity index is 514. The van der Waals surface area contributed by atoms with Crippen LogP contribution in [-0.2, 0) is 14.3 Å². The van der Waals surface area contributed by atoms with E-state index in [1.807, 2.05) is 0 Å². The zero-order valence-corrected chi connectivity index (χ0v) is 11.5. The van der Waals surface area contributed by atoms with Gasteiger partial charge in [-0.25, -0.2) is 0 Å². The predicted octanol–water partition coefficient (Wildman–Crippen LogP) is 1.37. The summed E-state index contributed by atoms with van der Waals surface area (Å²) in [5.74, 6) is 0.748. The molecule has 0 unspecified atom stereocenters. The number of nitrogens with zero attached hydrogens (tertiary/aromatic N) is 1. The van der Waals surface area contributed by atoms with Gasteiger partial charge in [0.25, 0.3) is 0 Å². The van der Waals surface area contributed by atoms with Gasteiger partial charge < -0.3 is 19.1 Å². The Kier molecular flexibility index (Phi) is 4.45. The molecule has 0 atom stereocenters. The maximum absolute atomic E-state index is 12.0. The van der Waals surface area contributed by atoms with E-state index in [9.17, 15) is 9.59 Å². The molecule has 6 heteroatoms. The largest absolute Gasteiger partial charge is 0.486 e. The number of fused-ring (bicyclic) bond motifs is 1. The molecular weight excluding hydrogens is 262 g/mol. The summed E-state index contributed by atoms with van der Waals surface area (Å²) in [6.45, 7) is 1.02. The van der Waals surface area contributed by atoms with Crippen molar-refractivity contribution in [3.8, 4) is 11.5 Å². The number of ether oxygens (including phenoxy) is 3. The fourth-order valence-corrected chi connectivity index (χ4v) is 1.86. The van der Waals surface area contributed by atoms with Gasteiger partial charge in [0.05, 0.1) is 13.5 Å². The Morgan fingerprint density at radius 1 is 1.20 bits per heavy atom. The fraction of sp³-hybridized carbons (Fsp3) is 0.429. The first-order valence-electron chi connectivity index (χ1n) is 6.35. The Morgan fingerprint density at radius 2 is 1.90 bits per heavy atom. The highest BCUT2D eigenvalue weighted by Crippen LogP contribution is 2.33. The first-order valence-corrected chi connectivity index (χ1v) is 6.35. The molecule has 0 bridgehead atoms. The first-order chi connectivity index (χ1) is 9.61. The second-order valence-corrected chi connectivity index (χ2v) is 4.36. The maximum Gasteiger partial charge on any atom is 0.306 e. The third kappa shape index (κ3) is 3.20. The molecule has 0 spiro atoms. The smallest absolute Gasteiger partial charge is 0.306 e. The molecule has 1 aliphatic heterocycles. The van der Waals surface area contributed by atoms with Crippen LogP contribution in [0.3, 0.4) is 0 Å². The monoisotopic (exact) mass is 279 g/mol. The summed E-state index contributed by atoms with van der Waals surface area (Å²) in [6.07, 6.45) is 0.182. The highest BCUT2D eigenvalue weighted by molar-refractivity contribution is 5.94. The lowest BCUT2D eigenvalue weighted by molar-refractivity contribution is -0.141. The lowest BCUT2D eigenvalue weighted by Gasteiger charge is -2.22. The van der Waals surface area contributed by atoms with Crippen molar-refractivity contribution in [1.29, 1.82) is 0 Å². The minimum Gasteiger partial charge on any atom is -0.486 e. The average molecular weight is 279 g/mol. The van der Waals surface area contributed by atoms with E-state index in [4.69, 9.17) is 9.47 Å². The van der Waals surface area contributed by atoms with Crippen molar-refractivity contribution >= 4 is 17.6 Å². The fourth-order valence-electron chi connectivity index (χ4n) is 1.86. The second kappa shape index (κ2) is 6.27. The number of carbonyl (C=O) groups excluding carboxylic acids is 2. The summed E-state index contributed by atoms with van der Waals surface area (Å²) in [5, 5.41) is 0. The molecule has 0 aromatic heterocycles. The molecule has 0 fully saturated rings. The van der Waals surface area contributed by atoms with Gasteiger partial charge >= 0.3 is 5.97 Å². The quantitative estimate of drug-likeness (QED) is 0.779. The standard InChI is InChI=1S/C14H17NO5/c1-15(13(16)5-6-14(17)18-2)10-3-4-11-12(9-10)20-8-7-19-11/h3-4,9H,5-8H2,1-2H3. The normalized spacial score (nSPS) is 12.7. The van der Waals surface area contributed by atoms with Gasteiger partial charge in [-0.3, -0.25) is 9.59 Å². The number of hydrogen-bond donors (Lipinski definition) is 0. The molecule has 1 amide bonds. The van der Waals surface area contributed by atoms with Crippen molar-refractivity contribution in [3.63, 3.8) is 0 Å². The number of rotatable bonds is 4. The summed E-state index contributed by atoms with van der Waals surface area (Å²) < 4.78 is 15.4. The third-order valence-corrected chi connectivity index (χ3v) is 3.06. The van der Waals surface area contributed by atoms with Crippen LogP contribution in [0.1, 0.15) is 12.8 Å². The van der Waals surface area contributed by atoms with E-state index < -0.39 is 5.97 Å². The number of carbonyl (C=O) groups is 2. The molecule has 0 aliphatic carbocycles. The second-order valence-electron chi connectivity index (χ2n) is 4.36. The minimum absolute atomic E-state index is 0.0736. The van der Waals surface area contributed by atoms with E-state index in [-0.39, 0.29) is 18.7 Å². The Labute approximate surface area is 117 Å². The van der Waals surface area contributed by atoms with E-state index in [0.717, 1.165) is 0 Å². The van der Waals surface area contributed by atoms with Crippen LogP contribution in [0, 0.1) is 0 Å². The number of anilines is 1. The van der Waals surface area contributed by atoms with Crippen molar-refractivity contribution in [3.05, 3.63) is 18.2 Å². The topological polar surface area (TPSA) is 65.1 Å². The molecule has 1 aromatic carbocycles. The molecule has 0 saturated carbocycles. The molecule has 108 valence electrons. The highest BCUT2D eigenvalue weighted by atomic mass is 16.6. The number of benzene rings is 1. The molecule has 0 N–H and O–H groups in total. The van der Waals surface area contributed by atoms with Gasteiger partial charge in [-0.2, -0.15) is 0 Å². The number of amides is 1. The molecule has 6 nitrogen and oxygen atoms in total. The maximum atomic E-state index is 12.0. The van der Waals surface area contributed by atoms with Gasteiger partial charge in [0.2, 0.25) is 5.91 Å². The molecular formula is C14H17NO5. The number of methoxy groups -OCH3 is 1. The lowest BCUT2D eigenvalue weighted by Crippen LogP contribution is -2.27. The van der Waals surface area contributed by atoms with E-state index in [0.29, 0.717) is 30.4 Å². The van der Waals surface area contributed by atoms with E-state index in [1.165, 1.54) is 12.0 Å². The predicted molar refractivity (Wildman–Crippen MR) is 72.1 cm³/mol. The van der Waals surface area contributed by atoms with Gasteiger partial charge in [-0.15, -0.1) is 0 Å². The van der Waals surface area contributed by atoms with E-state index in [2.05, 4.69) is 4.74 Å².